The fourth-order valence-corrected chi connectivity index (χ4v) is 1.12. The molecule has 3 N–H and O–H groups in total. The second-order valence-electron chi connectivity index (χ2n) is 2.61. The van der Waals surface area contributed by atoms with E-state index in [9.17, 15) is 5.11 Å². The van der Waals surface area contributed by atoms with Crippen LogP contribution >= 0.6 is 15.9 Å². The average molecular weight is 248 g/mol. The zero-order chi connectivity index (χ0) is 9.84. The van der Waals surface area contributed by atoms with Crippen LogP contribution in [0.1, 0.15) is 11.7 Å². The molecule has 4 nitrogen and oxygen atoms in total. The van der Waals surface area contributed by atoms with Gasteiger partial charge in [0.1, 0.15) is 16.8 Å². The Labute approximate surface area is 84.0 Å². The molecular weight excluding hydrogens is 238 g/mol. The molecule has 72 valence electrons. The van der Waals surface area contributed by atoms with E-state index in [0.717, 1.165) is 0 Å². The van der Waals surface area contributed by atoms with Crippen LogP contribution in [0.5, 0.6) is 0 Å². The zero-order valence-electron chi connectivity index (χ0n) is 6.76. The normalized spacial score (nSPS) is 15.4. The summed E-state index contributed by atoms with van der Waals surface area (Å²) in [6.45, 7) is -0.475. The minimum Gasteiger partial charge on any atom is -0.394 e. The Morgan fingerprint density at radius 1 is 1.38 bits per heavy atom. The smallest absolute Gasteiger partial charge is 0.109 e. The molecule has 1 heterocycles. The molecule has 0 aliphatic rings. The summed E-state index contributed by atoms with van der Waals surface area (Å²) in [4.78, 5) is 3.88. The Morgan fingerprint density at radius 3 is 2.54 bits per heavy atom. The van der Waals surface area contributed by atoms with Crippen LogP contribution in [0.25, 0.3) is 0 Å². The Hall–Kier alpha value is -0.490. The molecule has 0 amide bonds. The van der Waals surface area contributed by atoms with Gasteiger partial charge in [0, 0.05) is 11.8 Å². The van der Waals surface area contributed by atoms with Crippen LogP contribution in [0.15, 0.2) is 22.9 Å². The molecule has 2 atom stereocenters. The first-order valence-electron chi connectivity index (χ1n) is 3.73. The molecule has 0 saturated heterocycles. The number of aliphatic hydroxyl groups is 3. The molecule has 0 fully saturated rings. The highest BCUT2D eigenvalue weighted by atomic mass is 79.9. The van der Waals surface area contributed by atoms with Crippen LogP contribution in [-0.4, -0.2) is 33.0 Å². The van der Waals surface area contributed by atoms with Crippen molar-refractivity contribution in [3.63, 3.8) is 0 Å². The summed E-state index contributed by atoms with van der Waals surface area (Å²) in [5.74, 6) is 0. The third kappa shape index (κ3) is 2.73. The van der Waals surface area contributed by atoms with E-state index in [-0.39, 0.29) is 0 Å². The van der Waals surface area contributed by atoms with Crippen LogP contribution in [-0.2, 0) is 0 Å². The van der Waals surface area contributed by atoms with Gasteiger partial charge in [-0.25, -0.2) is 4.98 Å². The lowest BCUT2D eigenvalue weighted by atomic mass is 10.1. The summed E-state index contributed by atoms with van der Waals surface area (Å²) in [7, 11) is 0. The zero-order valence-corrected chi connectivity index (χ0v) is 8.35. The van der Waals surface area contributed by atoms with Gasteiger partial charge >= 0.3 is 0 Å². The number of hydrogen-bond acceptors (Lipinski definition) is 4. The van der Waals surface area contributed by atoms with E-state index in [4.69, 9.17) is 10.2 Å². The summed E-state index contributed by atoms with van der Waals surface area (Å²) in [5.41, 5.74) is 0.477. The highest BCUT2D eigenvalue weighted by Gasteiger charge is 2.17. The molecule has 1 rings (SSSR count). The summed E-state index contributed by atoms with van der Waals surface area (Å²) >= 11 is 3.14. The van der Waals surface area contributed by atoms with E-state index in [1.807, 2.05) is 0 Å². The van der Waals surface area contributed by atoms with E-state index in [0.29, 0.717) is 10.2 Å². The first kappa shape index (κ1) is 10.6. The third-order valence-corrected chi connectivity index (χ3v) is 2.11. The molecule has 0 bridgehead atoms. The van der Waals surface area contributed by atoms with Crippen molar-refractivity contribution in [2.45, 2.75) is 12.2 Å². The highest BCUT2D eigenvalue weighted by Crippen LogP contribution is 2.17. The molecule has 0 spiro atoms. The van der Waals surface area contributed by atoms with Gasteiger partial charge in [-0.3, -0.25) is 0 Å². The van der Waals surface area contributed by atoms with Crippen molar-refractivity contribution in [1.29, 1.82) is 0 Å². The number of aromatic nitrogens is 1. The van der Waals surface area contributed by atoms with Crippen molar-refractivity contribution in [3.8, 4) is 0 Å². The van der Waals surface area contributed by atoms with Gasteiger partial charge in [0.15, 0.2) is 0 Å². The topological polar surface area (TPSA) is 73.6 Å². The molecule has 0 aliphatic carbocycles. The van der Waals surface area contributed by atoms with Gasteiger partial charge in [-0.05, 0) is 22.0 Å². The summed E-state index contributed by atoms with van der Waals surface area (Å²) < 4.78 is 0.655. The predicted molar refractivity (Wildman–Crippen MR) is 50.0 cm³/mol. The van der Waals surface area contributed by atoms with Gasteiger partial charge in [0.2, 0.25) is 0 Å². The molecule has 13 heavy (non-hydrogen) atoms. The minimum atomic E-state index is -1.16. The van der Waals surface area contributed by atoms with Gasteiger partial charge in [0.25, 0.3) is 0 Å². The Bertz CT molecular complexity index is 265. The Kier molecular flexibility index (Phi) is 3.80. The Balaban J connectivity index is 2.77. The van der Waals surface area contributed by atoms with Crippen molar-refractivity contribution in [2.75, 3.05) is 6.61 Å². The Morgan fingerprint density at radius 2 is 2.08 bits per heavy atom. The molecule has 0 radical (unpaired) electrons. The molecular formula is C8H10BrNO3. The first-order chi connectivity index (χ1) is 6.15. The van der Waals surface area contributed by atoms with Crippen LogP contribution < -0.4 is 0 Å². The van der Waals surface area contributed by atoms with Gasteiger partial charge in [0.05, 0.1) is 6.61 Å². The number of pyridine rings is 1. The van der Waals surface area contributed by atoms with E-state index in [2.05, 4.69) is 20.9 Å². The van der Waals surface area contributed by atoms with Crippen LogP contribution in [0.2, 0.25) is 0 Å². The molecule has 0 aliphatic heterocycles. The molecule has 1 aromatic heterocycles. The van der Waals surface area contributed by atoms with Gasteiger partial charge < -0.3 is 15.3 Å². The molecule has 0 aromatic carbocycles. The maximum atomic E-state index is 9.41. The first-order valence-corrected chi connectivity index (χ1v) is 4.53. The van der Waals surface area contributed by atoms with E-state index in [1.54, 1.807) is 12.1 Å². The number of hydrogen-bond donors (Lipinski definition) is 3. The molecule has 1 aromatic rings. The van der Waals surface area contributed by atoms with Crippen molar-refractivity contribution in [2.24, 2.45) is 0 Å². The van der Waals surface area contributed by atoms with Crippen LogP contribution in [0.4, 0.5) is 0 Å². The number of halogens is 1. The molecule has 5 heteroatoms. The summed E-state index contributed by atoms with van der Waals surface area (Å²) in [6, 6.07) is 3.28. The van der Waals surface area contributed by atoms with Gasteiger partial charge in [-0.15, -0.1) is 0 Å². The quantitative estimate of drug-likeness (QED) is 0.669. The summed E-state index contributed by atoms with van der Waals surface area (Å²) in [6.07, 6.45) is -0.818. The van der Waals surface area contributed by atoms with Crippen LogP contribution in [0, 0.1) is 0 Å². The SMILES string of the molecule is OCC(O)C(O)c1ccc(Br)nc1. The second-order valence-corrected chi connectivity index (χ2v) is 3.42. The minimum absolute atomic E-state index is 0.475. The van der Waals surface area contributed by atoms with Crippen molar-refractivity contribution >= 4 is 15.9 Å². The standard InChI is InChI=1S/C8H10BrNO3/c9-7-2-1-5(3-10-7)8(13)6(12)4-11/h1-3,6,8,11-13H,4H2. The van der Waals surface area contributed by atoms with E-state index < -0.39 is 18.8 Å². The fraction of sp³-hybridized carbons (Fsp3) is 0.375. The van der Waals surface area contributed by atoms with E-state index >= 15 is 0 Å². The lowest BCUT2D eigenvalue weighted by molar-refractivity contribution is -0.0154. The number of nitrogens with zero attached hydrogens (tertiary/aromatic N) is 1. The van der Waals surface area contributed by atoms with E-state index in [1.165, 1.54) is 6.20 Å². The predicted octanol–water partition coefficient (Wildman–Crippen LogP) is 0.231. The largest absolute Gasteiger partial charge is 0.394 e. The second kappa shape index (κ2) is 4.66. The highest BCUT2D eigenvalue weighted by molar-refractivity contribution is 9.10. The number of rotatable bonds is 3. The van der Waals surface area contributed by atoms with Crippen LogP contribution in [0.3, 0.4) is 0 Å². The van der Waals surface area contributed by atoms with Crippen molar-refractivity contribution in [3.05, 3.63) is 28.5 Å². The molecule has 0 saturated carbocycles. The van der Waals surface area contributed by atoms with Crippen molar-refractivity contribution in [1.82, 2.24) is 4.98 Å². The maximum Gasteiger partial charge on any atom is 0.109 e. The average Bonchev–Trinajstić information content (AvgIpc) is 2.17. The van der Waals surface area contributed by atoms with Gasteiger partial charge in [-0.1, -0.05) is 6.07 Å². The lowest BCUT2D eigenvalue weighted by Gasteiger charge is -2.15. The third-order valence-electron chi connectivity index (χ3n) is 1.64. The van der Waals surface area contributed by atoms with Gasteiger partial charge in [-0.2, -0.15) is 0 Å². The number of aliphatic hydroxyl groups excluding tert-OH is 3. The summed E-state index contributed by atoms with van der Waals surface area (Å²) in [5, 5.41) is 27.1. The maximum absolute atomic E-state index is 9.41. The fourth-order valence-electron chi connectivity index (χ4n) is 0.884. The monoisotopic (exact) mass is 247 g/mol. The lowest BCUT2D eigenvalue weighted by Crippen LogP contribution is -2.22. The molecule has 2 unspecified atom stereocenters. The van der Waals surface area contributed by atoms with Crippen molar-refractivity contribution < 1.29 is 15.3 Å².